The molecule has 0 saturated heterocycles. The number of rotatable bonds is 5. The van der Waals surface area contributed by atoms with E-state index in [0.29, 0.717) is 6.61 Å². The smallest absolute Gasteiger partial charge is 0.119 e. The third kappa shape index (κ3) is 4.36. The van der Waals surface area contributed by atoms with E-state index in [1.165, 1.54) is 11.1 Å². The number of halogens is 1. The predicted octanol–water partition coefficient (Wildman–Crippen LogP) is 2.93. The lowest BCUT2D eigenvalue weighted by Crippen LogP contribution is -2.04. The molecule has 0 fully saturated rings. The molecule has 0 spiro atoms. The van der Waals surface area contributed by atoms with Crippen molar-refractivity contribution >= 4 is 11.6 Å². The summed E-state index contributed by atoms with van der Waals surface area (Å²) in [4.78, 5) is 0. The van der Waals surface area contributed by atoms with E-state index in [4.69, 9.17) is 16.3 Å². The molecule has 0 saturated carbocycles. The summed E-state index contributed by atoms with van der Waals surface area (Å²) < 4.78 is 5.52. The van der Waals surface area contributed by atoms with Gasteiger partial charge in [-0.15, -0.1) is 0 Å². The van der Waals surface area contributed by atoms with E-state index in [1.54, 1.807) is 0 Å². The Bertz CT molecular complexity index is 319. The average molecular weight is 226 g/mol. The Labute approximate surface area is 95.9 Å². The molecule has 0 amide bonds. The van der Waals surface area contributed by atoms with Gasteiger partial charge in [0.1, 0.15) is 12.4 Å². The topological polar surface area (TPSA) is 21.3 Å². The Morgan fingerprint density at radius 3 is 2.60 bits per heavy atom. The Morgan fingerprint density at radius 1 is 1.40 bits per heavy atom. The van der Waals surface area contributed by atoms with E-state index >= 15 is 0 Å². The molecule has 0 bridgehead atoms. The quantitative estimate of drug-likeness (QED) is 0.832. The van der Waals surface area contributed by atoms with Crippen LogP contribution in [0.5, 0.6) is 5.75 Å². The lowest BCUT2D eigenvalue weighted by atomic mass is 10.2. The maximum absolute atomic E-state index is 5.53. The monoisotopic (exact) mass is 225 g/mol. The summed E-state index contributed by atoms with van der Waals surface area (Å²) in [6.07, 6.45) is 0. The Kier molecular flexibility index (Phi) is 5.22. The van der Waals surface area contributed by atoms with Gasteiger partial charge in [0.25, 0.3) is 0 Å². The highest BCUT2D eigenvalue weighted by atomic mass is 35.5. The summed E-state index contributed by atoms with van der Waals surface area (Å²) in [6, 6.07) is 8.03. The van der Waals surface area contributed by atoms with E-state index in [9.17, 15) is 0 Å². The summed E-state index contributed by atoms with van der Waals surface area (Å²) in [5, 5.41) is 3.10. The molecule has 2 nitrogen and oxygen atoms in total. The minimum atomic E-state index is 0.537. The number of ether oxygens (including phenoxy) is 1. The zero-order valence-corrected chi connectivity index (χ0v) is 9.84. The Balaban J connectivity index is 2.49. The maximum Gasteiger partial charge on any atom is 0.119 e. The highest BCUT2D eigenvalue weighted by Gasteiger charge is 1.95. The summed E-state index contributed by atoms with van der Waals surface area (Å²) in [6.45, 7) is 3.35. The lowest BCUT2D eigenvalue weighted by Gasteiger charge is -2.06. The van der Waals surface area contributed by atoms with Crippen LogP contribution in [-0.4, -0.2) is 13.7 Å². The highest BCUT2D eigenvalue weighted by Crippen LogP contribution is 2.13. The maximum atomic E-state index is 5.53. The van der Waals surface area contributed by atoms with Gasteiger partial charge < -0.3 is 10.1 Å². The summed E-state index contributed by atoms with van der Waals surface area (Å²) in [5.74, 6) is 0.868. The fourth-order valence-electron chi connectivity index (χ4n) is 1.14. The first-order valence-corrected chi connectivity index (χ1v) is 5.32. The van der Waals surface area contributed by atoms with E-state index in [0.717, 1.165) is 17.9 Å². The van der Waals surface area contributed by atoms with Gasteiger partial charge in [0, 0.05) is 12.1 Å². The van der Waals surface area contributed by atoms with Crippen molar-refractivity contribution in [2.75, 3.05) is 13.7 Å². The number of hydrogen-bond acceptors (Lipinski definition) is 2. The molecular weight excluding hydrogens is 210 g/mol. The van der Waals surface area contributed by atoms with Gasteiger partial charge in [-0.2, -0.15) is 0 Å². The standard InChI is InChI=1S/C12H16ClNO/c1-10(7-13)9-15-12-5-3-11(4-6-12)8-14-2/h3-7,14H,8-9H2,1-2H3/b10-7+. The van der Waals surface area contributed by atoms with Crippen LogP contribution in [-0.2, 0) is 6.54 Å². The van der Waals surface area contributed by atoms with Crippen LogP contribution in [0.25, 0.3) is 0 Å². The molecule has 0 radical (unpaired) electrons. The predicted molar refractivity (Wildman–Crippen MR) is 64.3 cm³/mol. The van der Waals surface area contributed by atoms with Gasteiger partial charge in [-0.1, -0.05) is 23.7 Å². The summed E-state index contributed by atoms with van der Waals surface area (Å²) in [5.41, 5.74) is 3.79. The first-order chi connectivity index (χ1) is 7.26. The second-order valence-corrected chi connectivity index (χ2v) is 3.64. The molecule has 1 rings (SSSR count). The zero-order valence-electron chi connectivity index (χ0n) is 9.09. The molecule has 0 aromatic heterocycles. The van der Waals surface area contributed by atoms with Crippen LogP contribution in [0.2, 0.25) is 0 Å². The van der Waals surface area contributed by atoms with Gasteiger partial charge in [-0.3, -0.25) is 0 Å². The summed E-state index contributed by atoms with van der Waals surface area (Å²) in [7, 11) is 1.93. The SMILES string of the molecule is CNCc1ccc(OC/C(C)=C/Cl)cc1. The van der Waals surface area contributed by atoms with Crippen molar-refractivity contribution in [3.05, 3.63) is 40.9 Å². The molecule has 1 aromatic rings. The van der Waals surface area contributed by atoms with Gasteiger partial charge in [0.05, 0.1) is 0 Å². The Morgan fingerprint density at radius 2 is 2.07 bits per heavy atom. The Hall–Kier alpha value is -0.990. The van der Waals surface area contributed by atoms with Crippen LogP contribution in [0.4, 0.5) is 0 Å². The van der Waals surface area contributed by atoms with Gasteiger partial charge in [0.15, 0.2) is 0 Å². The van der Waals surface area contributed by atoms with Gasteiger partial charge in [-0.25, -0.2) is 0 Å². The molecule has 0 atom stereocenters. The minimum absolute atomic E-state index is 0.537. The molecule has 1 N–H and O–H groups in total. The van der Waals surface area contributed by atoms with Crippen molar-refractivity contribution in [3.8, 4) is 5.75 Å². The molecule has 0 unspecified atom stereocenters. The summed E-state index contributed by atoms with van der Waals surface area (Å²) >= 11 is 5.53. The molecule has 15 heavy (non-hydrogen) atoms. The van der Waals surface area contributed by atoms with Crippen LogP contribution in [0.15, 0.2) is 35.4 Å². The van der Waals surface area contributed by atoms with Gasteiger partial charge in [0.2, 0.25) is 0 Å². The molecule has 1 aromatic carbocycles. The van der Waals surface area contributed by atoms with Gasteiger partial charge >= 0.3 is 0 Å². The largest absolute Gasteiger partial charge is 0.489 e. The van der Waals surface area contributed by atoms with Crippen molar-refractivity contribution in [1.29, 1.82) is 0 Å². The second kappa shape index (κ2) is 6.49. The third-order valence-electron chi connectivity index (χ3n) is 1.96. The fraction of sp³-hybridized carbons (Fsp3) is 0.333. The van der Waals surface area contributed by atoms with Crippen LogP contribution in [0.3, 0.4) is 0 Å². The first kappa shape index (κ1) is 12.1. The van der Waals surface area contributed by atoms with Crippen molar-refractivity contribution in [1.82, 2.24) is 5.32 Å². The van der Waals surface area contributed by atoms with Crippen LogP contribution < -0.4 is 10.1 Å². The van der Waals surface area contributed by atoms with Crippen molar-refractivity contribution in [2.24, 2.45) is 0 Å². The average Bonchev–Trinajstić information content (AvgIpc) is 2.28. The van der Waals surface area contributed by atoms with E-state index in [-0.39, 0.29) is 0 Å². The molecule has 82 valence electrons. The van der Waals surface area contributed by atoms with Crippen molar-refractivity contribution in [3.63, 3.8) is 0 Å². The van der Waals surface area contributed by atoms with Gasteiger partial charge in [-0.05, 0) is 37.2 Å². The number of hydrogen-bond donors (Lipinski definition) is 1. The number of nitrogens with one attached hydrogen (secondary N) is 1. The fourth-order valence-corrected chi connectivity index (χ4v) is 1.20. The van der Waals surface area contributed by atoms with Crippen molar-refractivity contribution in [2.45, 2.75) is 13.5 Å². The molecule has 0 aliphatic heterocycles. The van der Waals surface area contributed by atoms with E-state index in [1.807, 2.05) is 38.2 Å². The zero-order chi connectivity index (χ0) is 11.1. The van der Waals surface area contributed by atoms with E-state index in [2.05, 4.69) is 5.32 Å². The van der Waals surface area contributed by atoms with Crippen molar-refractivity contribution < 1.29 is 4.74 Å². The molecule has 0 aliphatic carbocycles. The van der Waals surface area contributed by atoms with Crippen LogP contribution >= 0.6 is 11.6 Å². The second-order valence-electron chi connectivity index (χ2n) is 3.42. The molecular formula is C12H16ClNO. The minimum Gasteiger partial charge on any atom is -0.489 e. The van der Waals surface area contributed by atoms with E-state index < -0.39 is 0 Å². The van der Waals surface area contributed by atoms with Crippen LogP contribution in [0.1, 0.15) is 12.5 Å². The normalized spacial score (nSPS) is 11.5. The molecule has 0 aliphatic rings. The number of benzene rings is 1. The molecule has 0 heterocycles. The molecule has 3 heteroatoms. The highest BCUT2D eigenvalue weighted by molar-refractivity contribution is 6.25. The first-order valence-electron chi connectivity index (χ1n) is 4.88. The van der Waals surface area contributed by atoms with Crippen LogP contribution in [0, 0.1) is 0 Å². The third-order valence-corrected chi connectivity index (χ3v) is 2.33. The lowest BCUT2D eigenvalue weighted by molar-refractivity contribution is 0.352.